The van der Waals surface area contributed by atoms with Crippen LogP contribution in [0.1, 0.15) is 47.9 Å². The average Bonchev–Trinajstić information content (AvgIpc) is 2.46. The summed E-state index contributed by atoms with van der Waals surface area (Å²) in [6, 6.07) is 9.13. The van der Waals surface area contributed by atoms with E-state index in [0.717, 1.165) is 6.42 Å². The van der Waals surface area contributed by atoms with Crippen LogP contribution in [0.2, 0.25) is 0 Å². The van der Waals surface area contributed by atoms with E-state index in [4.69, 9.17) is 9.84 Å². The minimum atomic E-state index is -1.10. The topological polar surface area (TPSA) is 72.3 Å². The van der Waals surface area contributed by atoms with Gasteiger partial charge in [0.2, 0.25) is 0 Å². The van der Waals surface area contributed by atoms with E-state index in [2.05, 4.69) is 23.8 Å². The second-order valence-electron chi connectivity index (χ2n) is 4.96. The highest BCUT2D eigenvalue weighted by Gasteiger charge is 2.10. The molecule has 1 N–H and O–H groups in total. The maximum atomic E-state index is 11.0. The van der Waals surface area contributed by atoms with Crippen LogP contribution < -0.4 is 4.74 Å². The van der Waals surface area contributed by atoms with Crippen molar-refractivity contribution in [2.45, 2.75) is 33.1 Å². The first-order valence-electron chi connectivity index (χ1n) is 6.86. The number of ether oxygens (including phenoxy) is 1. The number of aromatic carboxylic acids is 1. The van der Waals surface area contributed by atoms with Crippen LogP contribution >= 0.6 is 0 Å². The van der Waals surface area contributed by atoms with Gasteiger partial charge in [-0.25, -0.2) is 9.78 Å². The number of carboxylic acids is 1. The zero-order valence-electron chi connectivity index (χ0n) is 12.3. The molecule has 1 unspecified atom stereocenters. The normalized spacial score (nSPS) is 12.0. The fraction of sp³-hybridized carbons (Fsp3) is 0.312. The van der Waals surface area contributed by atoms with Crippen LogP contribution in [-0.4, -0.2) is 21.0 Å². The molecule has 1 heterocycles. The minimum absolute atomic E-state index is 0.0451. The van der Waals surface area contributed by atoms with Gasteiger partial charge in [-0.2, -0.15) is 4.98 Å². The molecule has 0 bridgehead atoms. The number of nitrogens with zero attached hydrogens (tertiary/aromatic N) is 2. The SMILES string of the molecule is CCC(C)c1ccc(Oc2nc(C)cc(C(=O)O)n2)cc1. The highest BCUT2D eigenvalue weighted by Crippen LogP contribution is 2.24. The van der Waals surface area contributed by atoms with Gasteiger partial charge in [0.25, 0.3) is 0 Å². The van der Waals surface area contributed by atoms with Crippen LogP contribution in [0, 0.1) is 6.92 Å². The third-order valence-corrected chi connectivity index (χ3v) is 3.32. The summed E-state index contributed by atoms with van der Waals surface area (Å²) < 4.78 is 5.53. The van der Waals surface area contributed by atoms with Crippen LogP contribution in [0.5, 0.6) is 11.8 Å². The first kappa shape index (κ1) is 15.0. The van der Waals surface area contributed by atoms with Gasteiger partial charge in [-0.15, -0.1) is 0 Å². The van der Waals surface area contributed by atoms with E-state index < -0.39 is 5.97 Å². The molecule has 0 spiro atoms. The number of hydrogen-bond acceptors (Lipinski definition) is 4. The first-order valence-corrected chi connectivity index (χ1v) is 6.86. The molecule has 2 aromatic rings. The van der Waals surface area contributed by atoms with E-state index in [-0.39, 0.29) is 11.7 Å². The van der Waals surface area contributed by atoms with Gasteiger partial charge in [-0.05, 0) is 43.0 Å². The summed E-state index contributed by atoms with van der Waals surface area (Å²) in [5.41, 5.74) is 1.71. The Morgan fingerprint density at radius 3 is 2.52 bits per heavy atom. The monoisotopic (exact) mass is 286 g/mol. The number of rotatable bonds is 5. The third kappa shape index (κ3) is 3.78. The van der Waals surface area contributed by atoms with Crippen molar-refractivity contribution in [1.82, 2.24) is 9.97 Å². The summed E-state index contributed by atoms with van der Waals surface area (Å²) >= 11 is 0. The van der Waals surface area contributed by atoms with Gasteiger partial charge in [0.05, 0.1) is 0 Å². The molecular weight excluding hydrogens is 268 g/mol. The quantitative estimate of drug-likeness (QED) is 0.905. The van der Waals surface area contributed by atoms with Crippen molar-refractivity contribution >= 4 is 5.97 Å². The largest absolute Gasteiger partial charge is 0.477 e. The fourth-order valence-corrected chi connectivity index (χ4v) is 1.90. The number of benzene rings is 1. The highest BCUT2D eigenvalue weighted by atomic mass is 16.5. The molecule has 1 aromatic carbocycles. The molecule has 5 heteroatoms. The van der Waals surface area contributed by atoms with Crippen molar-refractivity contribution in [3.63, 3.8) is 0 Å². The smallest absolute Gasteiger partial charge is 0.354 e. The Balaban J connectivity index is 2.20. The van der Waals surface area contributed by atoms with Crippen LogP contribution in [0.25, 0.3) is 0 Å². The molecule has 1 atom stereocenters. The lowest BCUT2D eigenvalue weighted by Gasteiger charge is -2.10. The minimum Gasteiger partial charge on any atom is -0.477 e. The van der Waals surface area contributed by atoms with Crippen molar-refractivity contribution < 1.29 is 14.6 Å². The summed E-state index contributed by atoms with van der Waals surface area (Å²) in [5, 5.41) is 8.98. The molecule has 21 heavy (non-hydrogen) atoms. The molecule has 0 aliphatic carbocycles. The third-order valence-electron chi connectivity index (χ3n) is 3.32. The van der Waals surface area contributed by atoms with Crippen LogP contribution in [-0.2, 0) is 0 Å². The average molecular weight is 286 g/mol. The van der Waals surface area contributed by atoms with Crippen molar-refractivity contribution in [2.24, 2.45) is 0 Å². The van der Waals surface area contributed by atoms with Gasteiger partial charge in [0.15, 0.2) is 5.69 Å². The molecule has 0 radical (unpaired) electrons. The van der Waals surface area contributed by atoms with Crippen LogP contribution in [0.15, 0.2) is 30.3 Å². The van der Waals surface area contributed by atoms with E-state index >= 15 is 0 Å². The molecule has 0 saturated carbocycles. The maximum Gasteiger partial charge on any atom is 0.354 e. The summed E-state index contributed by atoms with van der Waals surface area (Å²) in [6.07, 6.45) is 1.07. The van der Waals surface area contributed by atoms with Crippen molar-refractivity contribution in [2.75, 3.05) is 0 Å². The molecule has 0 aliphatic rings. The molecule has 5 nitrogen and oxygen atoms in total. The summed E-state index contributed by atoms with van der Waals surface area (Å²) in [7, 11) is 0. The molecule has 0 amide bonds. The number of aryl methyl sites for hydroxylation is 1. The Kier molecular flexibility index (Phi) is 4.52. The van der Waals surface area contributed by atoms with E-state index in [1.807, 2.05) is 24.3 Å². The van der Waals surface area contributed by atoms with Crippen molar-refractivity contribution in [3.8, 4) is 11.8 Å². The lowest BCUT2D eigenvalue weighted by Crippen LogP contribution is -2.04. The Labute approximate surface area is 123 Å². The second-order valence-corrected chi connectivity index (χ2v) is 4.96. The number of hydrogen-bond donors (Lipinski definition) is 1. The summed E-state index contributed by atoms with van der Waals surface area (Å²) in [4.78, 5) is 18.9. The Hall–Kier alpha value is -2.43. The number of carboxylic acid groups (broad SMARTS) is 1. The fourth-order valence-electron chi connectivity index (χ4n) is 1.90. The van der Waals surface area contributed by atoms with Gasteiger partial charge >= 0.3 is 12.0 Å². The van der Waals surface area contributed by atoms with Crippen LogP contribution in [0.4, 0.5) is 0 Å². The lowest BCUT2D eigenvalue weighted by molar-refractivity contribution is 0.0689. The standard InChI is InChI=1S/C16H18N2O3/c1-4-10(2)12-5-7-13(8-6-12)21-16-17-11(3)9-14(18-16)15(19)20/h5-10H,4H2,1-3H3,(H,19,20). The van der Waals surface area contributed by atoms with Crippen molar-refractivity contribution in [1.29, 1.82) is 0 Å². The summed E-state index contributed by atoms with van der Waals surface area (Å²) in [6.45, 7) is 6.01. The Bertz CT molecular complexity index is 638. The number of aromatic nitrogens is 2. The van der Waals surface area contributed by atoms with Gasteiger partial charge < -0.3 is 9.84 Å². The van der Waals surface area contributed by atoms with Gasteiger partial charge in [0.1, 0.15) is 5.75 Å². The van der Waals surface area contributed by atoms with Crippen LogP contribution in [0.3, 0.4) is 0 Å². The Morgan fingerprint density at radius 1 is 1.29 bits per heavy atom. The highest BCUT2D eigenvalue weighted by molar-refractivity contribution is 5.85. The molecule has 0 saturated heterocycles. The zero-order chi connectivity index (χ0) is 15.4. The van der Waals surface area contributed by atoms with E-state index in [1.54, 1.807) is 6.92 Å². The second kappa shape index (κ2) is 6.35. The predicted octanol–water partition coefficient (Wildman–Crippen LogP) is 3.79. The maximum absolute atomic E-state index is 11.0. The first-order chi connectivity index (χ1) is 9.99. The molecule has 0 fully saturated rings. The van der Waals surface area contributed by atoms with E-state index in [9.17, 15) is 4.79 Å². The zero-order valence-corrected chi connectivity index (χ0v) is 12.3. The molecule has 0 aliphatic heterocycles. The van der Waals surface area contributed by atoms with E-state index in [1.165, 1.54) is 11.6 Å². The Morgan fingerprint density at radius 2 is 1.95 bits per heavy atom. The molecular formula is C16H18N2O3. The molecule has 110 valence electrons. The van der Waals surface area contributed by atoms with Gasteiger partial charge in [-0.1, -0.05) is 26.0 Å². The molecule has 2 rings (SSSR count). The van der Waals surface area contributed by atoms with Gasteiger partial charge in [0, 0.05) is 5.69 Å². The number of carbonyl (C=O) groups is 1. The predicted molar refractivity (Wildman–Crippen MR) is 79.0 cm³/mol. The lowest BCUT2D eigenvalue weighted by atomic mass is 9.99. The van der Waals surface area contributed by atoms with Crippen molar-refractivity contribution in [3.05, 3.63) is 47.3 Å². The molecule has 1 aromatic heterocycles. The summed E-state index contributed by atoms with van der Waals surface area (Å²) in [5.74, 6) is -0.0191. The van der Waals surface area contributed by atoms with Gasteiger partial charge in [-0.3, -0.25) is 0 Å². The van der Waals surface area contributed by atoms with E-state index in [0.29, 0.717) is 17.4 Å².